The van der Waals surface area contributed by atoms with Gasteiger partial charge >= 0.3 is 0 Å². The van der Waals surface area contributed by atoms with Crippen LogP contribution in [-0.2, 0) is 0 Å². The van der Waals surface area contributed by atoms with Gasteiger partial charge in [0.25, 0.3) is 5.56 Å². The number of nitrogens with zero attached hydrogens (tertiary/aromatic N) is 5. The molecule has 5 rings (SSSR count). The standard InChI is InChI=1S/C20H17FN6OS/c21-16-5-4-15(12-23-16)13-2-1-3-14(10-13)19-25-27-18(26-8-6-22-7-9-26)11-17(28)24-20(27)29-19/h1-5,10-12,22H,6-9H2. The second-order valence-electron chi connectivity index (χ2n) is 6.74. The largest absolute Gasteiger partial charge is 0.354 e. The lowest BCUT2D eigenvalue weighted by atomic mass is 10.1. The smallest absolute Gasteiger partial charge is 0.276 e. The average Bonchev–Trinajstić information content (AvgIpc) is 3.18. The van der Waals surface area contributed by atoms with Crippen molar-refractivity contribution in [1.82, 2.24) is 24.9 Å². The van der Waals surface area contributed by atoms with Gasteiger partial charge in [-0.15, -0.1) is 0 Å². The minimum absolute atomic E-state index is 0.264. The van der Waals surface area contributed by atoms with E-state index in [0.717, 1.165) is 53.7 Å². The maximum Gasteiger partial charge on any atom is 0.276 e. The fraction of sp³-hybridized carbons (Fsp3) is 0.200. The minimum Gasteiger partial charge on any atom is -0.354 e. The van der Waals surface area contributed by atoms with Crippen LogP contribution in [0.1, 0.15) is 0 Å². The molecule has 3 aromatic heterocycles. The fourth-order valence-corrected chi connectivity index (χ4v) is 4.31. The number of pyridine rings is 1. The van der Waals surface area contributed by atoms with Crippen molar-refractivity contribution in [3.05, 3.63) is 65.0 Å². The van der Waals surface area contributed by atoms with Gasteiger partial charge in [0.15, 0.2) is 0 Å². The average molecular weight is 408 g/mol. The molecule has 0 aliphatic carbocycles. The first kappa shape index (κ1) is 17.9. The summed E-state index contributed by atoms with van der Waals surface area (Å²) in [6.45, 7) is 3.35. The summed E-state index contributed by atoms with van der Waals surface area (Å²) < 4.78 is 14.9. The SMILES string of the molecule is O=c1cc(N2CCNCC2)n2nc(-c3cccc(-c4ccc(F)nc4)c3)sc2n1. The number of aromatic nitrogens is 4. The molecular weight excluding hydrogens is 391 g/mol. The Labute approximate surface area is 169 Å². The van der Waals surface area contributed by atoms with Crippen LogP contribution in [0, 0.1) is 5.95 Å². The molecule has 4 aromatic rings. The number of rotatable bonds is 3. The second-order valence-corrected chi connectivity index (χ2v) is 7.70. The molecule has 7 nitrogen and oxygen atoms in total. The van der Waals surface area contributed by atoms with Gasteiger partial charge in [0.1, 0.15) is 10.8 Å². The lowest BCUT2D eigenvalue weighted by Gasteiger charge is -2.28. The molecule has 0 spiro atoms. The third-order valence-corrected chi connectivity index (χ3v) is 5.80. The number of halogens is 1. The number of nitrogens with one attached hydrogen (secondary N) is 1. The predicted octanol–water partition coefficient (Wildman–Crippen LogP) is 2.43. The molecule has 1 N–H and O–H groups in total. The van der Waals surface area contributed by atoms with Gasteiger partial charge in [-0.2, -0.15) is 19.0 Å². The molecule has 0 unspecified atom stereocenters. The quantitative estimate of drug-likeness (QED) is 0.525. The molecule has 146 valence electrons. The van der Waals surface area contributed by atoms with Gasteiger partial charge in [-0.1, -0.05) is 29.5 Å². The molecular formula is C20H17FN6OS. The molecule has 1 aliphatic heterocycles. The van der Waals surface area contributed by atoms with Crippen LogP contribution in [0.15, 0.2) is 53.5 Å². The Balaban J connectivity index is 1.58. The highest BCUT2D eigenvalue weighted by molar-refractivity contribution is 7.19. The summed E-state index contributed by atoms with van der Waals surface area (Å²) in [4.78, 5) is 22.7. The van der Waals surface area contributed by atoms with Gasteiger partial charge in [0, 0.05) is 49.6 Å². The maximum atomic E-state index is 13.1. The van der Waals surface area contributed by atoms with Gasteiger partial charge < -0.3 is 10.2 Å². The van der Waals surface area contributed by atoms with E-state index in [2.05, 4.69) is 20.2 Å². The van der Waals surface area contributed by atoms with E-state index in [1.807, 2.05) is 24.3 Å². The van der Waals surface area contributed by atoms with Crippen LogP contribution in [-0.4, -0.2) is 45.8 Å². The van der Waals surface area contributed by atoms with Crippen molar-refractivity contribution in [1.29, 1.82) is 0 Å². The summed E-state index contributed by atoms with van der Waals surface area (Å²) in [5, 5.41) is 8.82. The molecule has 4 heterocycles. The second kappa shape index (κ2) is 7.34. The molecule has 1 fully saturated rings. The summed E-state index contributed by atoms with van der Waals surface area (Å²) in [5.41, 5.74) is 2.38. The third kappa shape index (κ3) is 3.50. The van der Waals surface area contributed by atoms with E-state index in [4.69, 9.17) is 5.10 Å². The molecule has 1 aromatic carbocycles. The van der Waals surface area contributed by atoms with E-state index in [9.17, 15) is 9.18 Å². The van der Waals surface area contributed by atoms with Crippen LogP contribution in [0.4, 0.5) is 10.2 Å². The predicted molar refractivity (Wildman–Crippen MR) is 111 cm³/mol. The monoisotopic (exact) mass is 408 g/mol. The number of benzene rings is 1. The zero-order valence-corrected chi connectivity index (χ0v) is 16.2. The molecule has 0 saturated carbocycles. The van der Waals surface area contributed by atoms with Gasteiger partial charge in [0.2, 0.25) is 10.9 Å². The normalized spacial score (nSPS) is 14.4. The Hall–Kier alpha value is -3.17. The number of anilines is 1. The summed E-state index contributed by atoms with van der Waals surface area (Å²) in [7, 11) is 0. The van der Waals surface area contributed by atoms with Crippen molar-refractivity contribution in [3.63, 3.8) is 0 Å². The molecule has 0 atom stereocenters. The topological polar surface area (TPSA) is 75.4 Å². The van der Waals surface area contributed by atoms with Crippen molar-refractivity contribution in [2.24, 2.45) is 0 Å². The van der Waals surface area contributed by atoms with Crippen LogP contribution in [0.2, 0.25) is 0 Å². The Morgan fingerprint density at radius 3 is 2.66 bits per heavy atom. The Bertz CT molecular complexity index is 1230. The van der Waals surface area contributed by atoms with Gasteiger partial charge in [-0.25, -0.2) is 4.98 Å². The zero-order valence-electron chi connectivity index (χ0n) is 15.4. The first-order valence-corrected chi connectivity index (χ1v) is 10.1. The highest BCUT2D eigenvalue weighted by Gasteiger charge is 2.18. The number of hydrogen-bond donors (Lipinski definition) is 1. The number of piperazine rings is 1. The van der Waals surface area contributed by atoms with Gasteiger partial charge in [-0.05, 0) is 23.8 Å². The van der Waals surface area contributed by atoms with Crippen molar-refractivity contribution in [2.45, 2.75) is 0 Å². The minimum atomic E-state index is -0.507. The highest BCUT2D eigenvalue weighted by atomic mass is 32.1. The first-order valence-electron chi connectivity index (χ1n) is 9.26. The molecule has 0 bridgehead atoms. The summed E-state index contributed by atoms with van der Waals surface area (Å²) >= 11 is 1.37. The van der Waals surface area contributed by atoms with Crippen molar-refractivity contribution < 1.29 is 4.39 Å². The number of hydrogen-bond acceptors (Lipinski definition) is 7. The van der Waals surface area contributed by atoms with Gasteiger partial charge in [-0.3, -0.25) is 4.79 Å². The maximum absolute atomic E-state index is 13.1. The van der Waals surface area contributed by atoms with Crippen LogP contribution < -0.4 is 15.8 Å². The molecule has 9 heteroatoms. The summed E-state index contributed by atoms with van der Waals surface area (Å²) in [6, 6.07) is 12.4. The van der Waals surface area contributed by atoms with Crippen molar-refractivity contribution >= 4 is 22.1 Å². The first-order chi connectivity index (χ1) is 14.2. The molecule has 0 radical (unpaired) electrons. The van der Waals surface area contributed by atoms with E-state index in [0.29, 0.717) is 4.96 Å². The highest BCUT2D eigenvalue weighted by Crippen LogP contribution is 2.30. The summed E-state index contributed by atoms with van der Waals surface area (Å²) in [6.07, 6.45) is 1.51. The molecule has 0 amide bonds. The van der Waals surface area contributed by atoms with Crippen molar-refractivity contribution in [3.8, 4) is 21.7 Å². The van der Waals surface area contributed by atoms with E-state index >= 15 is 0 Å². The van der Waals surface area contributed by atoms with E-state index in [-0.39, 0.29) is 5.56 Å². The lowest BCUT2D eigenvalue weighted by molar-refractivity contribution is 0.579. The lowest BCUT2D eigenvalue weighted by Crippen LogP contribution is -2.44. The van der Waals surface area contributed by atoms with Crippen LogP contribution in [0.5, 0.6) is 0 Å². The van der Waals surface area contributed by atoms with E-state index in [1.165, 1.54) is 23.6 Å². The molecule has 1 saturated heterocycles. The van der Waals surface area contributed by atoms with Crippen LogP contribution in [0.3, 0.4) is 0 Å². The van der Waals surface area contributed by atoms with E-state index < -0.39 is 5.95 Å². The summed E-state index contributed by atoms with van der Waals surface area (Å²) in [5.74, 6) is 0.260. The Morgan fingerprint density at radius 1 is 1.03 bits per heavy atom. The van der Waals surface area contributed by atoms with Crippen molar-refractivity contribution in [2.75, 3.05) is 31.1 Å². The van der Waals surface area contributed by atoms with Crippen LogP contribution >= 0.6 is 11.3 Å². The van der Waals surface area contributed by atoms with Gasteiger partial charge in [0.05, 0.1) is 0 Å². The van der Waals surface area contributed by atoms with Crippen LogP contribution in [0.25, 0.3) is 26.7 Å². The third-order valence-electron chi connectivity index (χ3n) is 4.85. The number of fused-ring (bicyclic) bond motifs is 1. The fourth-order valence-electron chi connectivity index (χ4n) is 3.42. The molecule has 1 aliphatic rings. The van der Waals surface area contributed by atoms with E-state index in [1.54, 1.807) is 16.6 Å². The Morgan fingerprint density at radius 2 is 1.86 bits per heavy atom. The zero-order chi connectivity index (χ0) is 19.8. The Kier molecular flexibility index (Phi) is 4.53. The molecule has 29 heavy (non-hydrogen) atoms.